The lowest BCUT2D eigenvalue weighted by molar-refractivity contribution is -0.127. The number of allylic oxidation sites excluding steroid dienone is 1. The number of anilines is 1. The van der Waals surface area contributed by atoms with Gasteiger partial charge >= 0.3 is 6.03 Å². The quantitative estimate of drug-likeness (QED) is 0.739. The second kappa shape index (κ2) is 7.96. The van der Waals surface area contributed by atoms with Crippen LogP contribution in [0.2, 0.25) is 0 Å². The lowest BCUT2D eigenvalue weighted by atomic mass is 9.96. The summed E-state index contributed by atoms with van der Waals surface area (Å²) < 4.78 is 0. The number of aliphatic imine (C=N–C) groups is 1. The van der Waals surface area contributed by atoms with E-state index in [2.05, 4.69) is 16.0 Å². The first-order valence-corrected chi connectivity index (χ1v) is 10.8. The van der Waals surface area contributed by atoms with Crippen LogP contribution >= 0.6 is 0 Å². The van der Waals surface area contributed by atoms with Crippen molar-refractivity contribution in [2.24, 2.45) is 10.7 Å². The minimum Gasteiger partial charge on any atom is -0.341 e. The molecule has 2 fully saturated rings. The van der Waals surface area contributed by atoms with Crippen molar-refractivity contribution in [3.05, 3.63) is 36.2 Å². The van der Waals surface area contributed by atoms with Crippen LogP contribution in [0.5, 0.6) is 0 Å². The first-order chi connectivity index (χ1) is 14.7. The topological polar surface area (TPSA) is 98.4 Å². The summed E-state index contributed by atoms with van der Waals surface area (Å²) in [5.74, 6) is 0.446. The van der Waals surface area contributed by atoms with Gasteiger partial charge in [0, 0.05) is 38.9 Å². The Morgan fingerprint density at radius 2 is 2.13 bits per heavy atom. The number of imide groups is 1. The second-order valence-corrected chi connectivity index (χ2v) is 8.92. The lowest BCUT2D eigenvalue weighted by Gasteiger charge is -2.47. The van der Waals surface area contributed by atoms with Gasteiger partial charge < -0.3 is 15.5 Å². The van der Waals surface area contributed by atoms with Crippen LogP contribution in [0.1, 0.15) is 33.6 Å². The third kappa shape index (κ3) is 3.56. The Hall–Kier alpha value is -2.94. The van der Waals surface area contributed by atoms with Crippen molar-refractivity contribution in [1.82, 2.24) is 19.7 Å². The number of pyridine rings is 1. The third-order valence-corrected chi connectivity index (χ3v) is 6.37. The maximum absolute atomic E-state index is 13.8. The Labute approximate surface area is 183 Å². The van der Waals surface area contributed by atoms with Crippen LogP contribution in [0.25, 0.3) is 0 Å². The predicted octanol–water partition coefficient (Wildman–Crippen LogP) is 1.63. The second-order valence-electron chi connectivity index (χ2n) is 8.92. The highest BCUT2D eigenvalue weighted by atomic mass is 16.2. The number of carbonyl (C=O) groups excluding carboxylic acids is 2. The zero-order chi connectivity index (χ0) is 22.3. The summed E-state index contributed by atoms with van der Waals surface area (Å²) in [4.78, 5) is 43.1. The number of urea groups is 1. The van der Waals surface area contributed by atoms with E-state index in [0.29, 0.717) is 18.8 Å². The number of aromatic nitrogens is 1. The third-order valence-electron chi connectivity index (χ3n) is 6.37. The summed E-state index contributed by atoms with van der Waals surface area (Å²) in [5.41, 5.74) is 6.85. The standard InChI is InChI=1S/C22H31N7O2/c1-15(2)9-12-28-18-19(30)29(17-8-5-10-24-13-17)21(31)26(4)22(18,3)25-20(28)27-11-6-7-16(23)14-27/h5,8-10,13,16,18H,6-7,11-12,14,23H2,1-4H3. The fourth-order valence-corrected chi connectivity index (χ4v) is 4.56. The van der Waals surface area contributed by atoms with Crippen LogP contribution in [0.15, 0.2) is 41.2 Å². The molecule has 3 aliphatic heterocycles. The normalized spacial score (nSPS) is 28.6. The molecular formula is C22H31N7O2. The minimum absolute atomic E-state index is 0.0687. The molecule has 4 rings (SSSR count). The molecule has 2 N–H and O–H groups in total. The minimum atomic E-state index is -1.00. The number of likely N-dealkylation sites (N-methyl/N-ethyl adjacent to an activating group) is 1. The zero-order valence-electron chi connectivity index (χ0n) is 18.7. The van der Waals surface area contributed by atoms with Gasteiger partial charge in [-0.3, -0.25) is 14.7 Å². The molecule has 0 radical (unpaired) electrons. The molecule has 0 bridgehead atoms. The SMILES string of the molecule is CC(C)=CCN1C(N2CCCC(N)C2)=NC2(C)C1C(=O)N(c1cccnc1)C(=O)N2C. The van der Waals surface area contributed by atoms with Crippen molar-refractivity contribution in [3.63, 3.8) is 0 Å². The molecule has 4 heterocycles. The Morgan fingerprint density at radius 3 is 2.77 bits per heavy atom. The molecule has 1 aromatic rings. The number of hydrogen-bond acceptors (Lipinski definition) is 7. The fourth-order valence-electron chi connectivity index (χ4n) is 4.56. The molecular weight excluding hydrogens is 394 g/mol. The van der Waals surface area contributed by atoms with Crippen LogP contribution < -0.4 is 10.6 Å². The van der Waals surface area contributed by atoms with E-state index < -0.39 is 17.7 Å². The van der Waals surface area contributed by atoms with E-state index in [1.54, 1.807) is 30.3 Å². The first-order valence-electron chi connectivity index (χ1n) is 10.8. The van der Waals surface area contributed by atoms with E-state index in [-0.39, 0.29) is 11.9 Å². The van der Waals surface area contributed by atoms with E-state index in [1.807, 2.05) is 25.7 Å². The Bertz CT molecular complexity index is 927. The number of carbonyl (C=O) groups is 2. The van der Waals surface area contributed by atoms with Crippen molar-refractivity contribution in [2.75, 3.05) is 31.6 Å². The van der Waals surface area contributed by atoms with Gasteiger partial charge in [-0.25, -0.2) is 14.7 Å². The molecule has 3 aliphatic rings. The van der Waals surface area contributed by atoms with Crippen molar-refractivity contribution in [1.29, 1.82) is 0 Å². The molecule has 0 aliphatic carbocycles. The Kier molecular flexibility index (Phi) is 5.47. The molecule has 1 aromatic heterocycles. The largest absolute Gasteiger partial charge is 0.341 e. The number of amides is 3. The summed E-state index contributed by atoms with van der Waals surface area (Å²) >= 11 is 0. The fraction of sp³-hybridized carbons (Fsp3) is 0.545. The first kappa shape index (κ1) is 21.3. The molecule has 3 atom stereocenters. The van der Waals surface area contributed by atoms with Crippen LogP contribution in [0.3, 0.4) is 0 Å². The maximum atomic E-state index is 13.8. The number of hydrogen-bond donors (Lipinski definition) is 1. The van der Waals surface area contributed by atoms with Crippen LogP contribution in [-0.2, 0) is 4.79 Å². The predicted molar refractivity (Wildman–Crippen MR) is 119 cm³/mol. The number of piperidine rings is 1. The molecule has 0 aromatic carbocycles. The van der Waals surface area contributed by atoms with Crippen molar-refractivity contribution < 1.29 is 9.59 Å². The van der Waals surface area contributed by atoms with Gasteiger partial charge in [0.15, 0.2) is 17.7 Å². The average molecular weight is 426 g/mol. The van der Waals surface area contributed by atoms with Gasteiger partial charge in [-0.2, -0.15) is 0 Å². The summed E-state index contributed by atoms with van der Waals surface area (Å²) in [6.07, 6.45) is 7.19. The Balaban J connectivity index is 1.77. The van der Waals surface area contributed by atoms with E-state index in [1.165, 1.54) is 11.1 Å². The summed E-state index contributed by atoms with van der Waals surface area (Å²) in [5, 5.41) is 0. The van der Waals surface area contributed by atoms with Gasteiger partial charge in [-0.1, -0.05) is 11.6 Å². The highest BCUT2D eigenvalue weighted by Gasteiger charge is 2.60. The zero-order valence-corrected chi connectivity index (χ0v) is 18.7. The smallest absolute Gasteiger partial charge is 0.333 e. The molecule has 0 saturated carbocycles. The molecule has 3 unspecified atom stereocenters. The number of likely N-dealkylation sites (tertiary alicyclic amines) is 1. The lowest BCUT2D eigenvalue weighted by Crippen LogP contribution is -2.71. The number of rotatable bonds is 3. The molecule has 9 nitrogen and oxygen atoms in total. The Morgan fingerprint density at radius 1 is 1.35 bits per heavy atom. The van der Waals surface area contributed by atoms with Crippen LogP contribution in [0, 0.1) is 0 Å². The van der Waals surface area contributed by atoms with Crippen molar-refractivity contribution in [2.45, 2.75) is 51.4 Å². The van der Waals surface area contributed by atoms with Gasteiger partial charge in [-0.05, 0) is 45.7 Å². The highest BCUT2D eigenvalue weighted by molar-refractivity contribution is 6.19. The van der Waals surface area contributed by atoms with Gasteiger partial charge in [0.25, 0.3) is 5.91 Å². The van der Waals surface area contributed by atoms with Gasteiger partial charge in [0.05, 0.1) is 11.9 Å². The molecule has 3 amide bonds. The van der Waals surface area contributed by atoms with Crippen molar-refractivity contribution in [3.8, 4) is 0 Å². The van der Waals surface area contributed by atoms with Gasteiger partial charge in [0.2, 0.25) is 0 Å². The van der Waals surface area contributed by atoms with Crippen molar-refractivity contribution >= 4 is 23.6 Å². The summed E-state index contributed by atoms with van der Waals surface area (Å²) in [6.45, 7) is 7.97. The summed E-state index contributed by atoms with van der Waals surface area (Å²) in [7, 11) is 1.71. The highest BCUT2D eigenvalue weighted by Crippen LogP contribution is 2.39. The van der Waals surface area contributed by atoms with Crippen LogP contribution in [-0.4, -0.2) is 82.0 Å². The molecule has 0 spiro atoms. The van der Waals surface area contributed by atoms with E-state index in [0.717, 1.165) is 30.9 Å². The molecule has 31 heavy (non-hydrogen) atoms. The maximum Gasteiger partial charge on any atom is 0.333 e. The monoisotopic (exact) mass is 425 g/mol. The number of nitrogens with two attached hydrogens (primary N) is 1. The van der Waals surface area contributed by atoms with E-state index in [9.17, 15) is 9.59 Å². The number of fused-ring (bicyclic) bond motifs is 1. The molecule has 166 valence electrons. The van der Waals surface area contributed by atoms with E-state index in [4.69, 9.17) is 10.7 Å². The molecule has 2 saturated heterocycles. The van der Waals surface area contributed by atoms with Crippen LogP contribution in [0.4, 0.5) is 10.5 Å². The molecule has 9 heteroatoms. The van der Waals surface area contributed by atoms with E-state index >= 15 is 0 Å². The van der Waals surface area contributed by atoms with Gasteiger partial charge in [-0.15, -0.1) is 0 Å². The summed E-state index contributed by atoms with van der Waals surface area (Å²) in [6, 6.07) is 2.47. The van der Waals surface area contributed by atoms with Gasteiger partial charge in [0.1, 0.15) is 0 Å². The average Bonchev–Trinajstić information content (AvgIpc) is 3.05. The number of nitrogens with zero attached hydrogens (tertiary/aromatic N) is 6. The number of guanidine groups is 1.